The number of amides is 1. The zero-order chi connectivity index (χ0) is 22.5. The van der Waals surface area contributed by atoms with E-state index >= 15 is 0 Å². The van der Waals surface area contributed by atoms with Crippen LogP contribution in [0.3, 0.4) is 0 Å². The molecular formula is C22H24ClN5O4. The summed E-state index contributed by atoms with van der Waals surface area (Å²) < 4.78 is 18.7. The molecule has 2 heterocycles. The lowest BCUT2D eigenvalue weighted by atomic mass is 10.1. The molecule has 0 unspecified atom stereocenters. The molecule has 3 aromatic rings. The van der Waals surface area contributed by atoms with E-state index < -0.39 is 0 Å². The number of ether oxygens (including phenoxy) is 3. The lowest BCUT2D eigenvalue weighted by molar-refractivity contribution is 0.0586. The van der Waals surface area contributed by atoms with Crippen LogP contribution >= 0.6 is 11.6 Å². The molecule has 0 aliphatic carbocycles. The molecule has 0 atom stereocenters. The number of halogens is 1. The van der Waals surface area contributed by atoms with Gasteiger partial charge in [-0.2, -0.15) is 4.68 Å². The van der Waals surface area contributed by atoms with Gasteiger partial charge in [-0.3, -0.25) is 4.79 Å². The minimum atomic E-state index is -0.139. The first-order chi connectivity index (χ1) is 15.6. The van der Waals surface area contributed by atoms with Crippen molar-refractivity contribution in [3.8, 4) is 22.9 Å². The fraction of sp³-hybridized carbons (Fsp3) is 0.364. The third-order valence-corrected chi connectivity index (χ3v) is 5.57. The zero-order valence-corrected chi connectivity index (χ0v) is 18.7. The van der Waals surface area contributed by atoms with E-state index in [0.29, 0.717) is 54.6 Å². The number of nitrogens with zero attached hydrogens (tertiary/aromatic N) is 5. The Bertz CT molecular complexity index is 1070. The quantitative estimate of drug-likeness (QED) is 0.536. The molecule has 2 aromatic carbocycles. The number of piperidine rings is 1. The molecule has 1 saturated heterocycles. The van der Waals surface area contributed by atoms with Crippen molar-refractivity contribution in [3.63, 3.8) is 0 Å². The first kappa shape index (κ1) is 21.9. The highest BCUT2D eigenvalue weighted by atomic mass is 35.5. The number of hydrogen-bond donors (Lipinski definition) is 0. The number of aromatic nitrogens is 4. The highest BCUT2D eigenvalue weighted by Crippen LogP contribution is 2.32. The van der Waals surface area contributed by atoms with Crippen molar-refractivity contribution < 1.29 is 19.0 Å². The maximum Gasteiger partial charge on any atom is 0.257 e. The van der Waals surface area contributed by atoms with E-state index in [4.69, 9.17) is 25.8 Å². The standard InChI is InChI=1S/C22H24ClN5O4/c1-3-31-19-6-4-5-7-20(19)32-15-8-10-27(11-9-15)22(29)16-12-17(23)18(13-21(16)30-2)28-14-24-25-26-28/h4-7,12-15H,3,8-11H2,1-2H3. The van der Waals surface area contributed by atoms with Gasteiger partial charge >= 0.3 is 0 Å². The van der Waals surface area contributed by atoms with Gasteiger partial charge in [0.25, 0.3) is 5.91 Å². The van der Waals surface area contributed by atoms with Crippen LogP contribution in [0.15, 0.2) is 42.7 Å². The molecule has 0 bridgehead atoms. The van der Waals surface area contributed by atoms with Crippen LogP contribution in [-0.4, -0.2) is 63.9 Å². The summed E-state index contributed by atoms with van der Waals surface area (Å²) in [5.74, 6) is 1.73. The molecule has 1 aliphatic rings. The fourth-order valence-corrected chi connectivity index (χ4v) is 3.93. The van der Waals surface area contributed by atoms with Gasteiger partial charge in [0.1, 0.15) is 18.2 Å². The van der Waals surface area contributed by atoms with Gasteiger partial charge in [0, 0.05) is 32.0 Å². The molecule has 1 fully saturated rings. The summed E-state index contributed by atoms with van der Waals surface area (Å²) in [5, 5.41) is 11.4. The number of likely N-dealkylation sites (tertiary alicyclic amines) is 1. The Labute approximate surface area is 190 Å². The number of carbonyl (C=O) groups is 1. The smallest absolute Gasteiger partial charge is 0.257 e. The van der Waals surface area contributed by atoms with Crippen LogP contribution in [0.4, 0.5) is 0 Å². The molecule has 4 rings (SSSR count). The van der Waals surface area contributed by atoms with Crippen LogP contribution in [0.1, 0.15) is 30.1 Å². The van der Waals surface area contributed by atoms with Gasteiger partial charge in [-0.05, 0) is 35.5 Å². The second-order valence-corrected chi connectivity index (χ2v) is 7.65. The third kappa shape index (κ3) is 4.62. The normalized spacial score (nSPS) is 14.3. The molecule has 168 valence electrons. The third-order valence-electron chi connectivity index (χ3n) is 5.27. The van der Waals surface area contributed by atoms with Gasteiger partial charge in [-0.25, -0.2) is 0 Å². The molecule has 1 amide bonds. The average Bonchev–Trinajstić information content (AvgIpc) is 3.35. The molecule has 0 radical (unpaired) electrons. The monoisotopic (exact) mass is 457 g/mol. The zero-order valence-electron chi connectivity index (χ0n) is 17.9. The van der Waals surface area contributed by atoms with E-state index in [9.17, 15) is 4.79 Å². The van der Waals surface area contributed by atoms with E-state index in [2.05, 4.69) is 15.5 Å². The van der Waals surface area contributed by atoms with Crippen LogP contribution in [0.2, 0.25) is 5.02 Å². The predicted octanol–water partition coefficient (Wildman–Crippen LogP) is 3.41. The van der Waals surface area contributed by atoms with Gasteiger partial charge in [0.05, 0.1) is 30.0 Å². The summed E-state index contributed by atoms with van der Waals surface area (Å²) in [5.41, 5.74) is 0.931. The average molecular weight is 458 g/mol. The largest absolute Gasteiger partial charge is 0.496 e. The summed E-state index contributed by atoms with van der Waals surface area (Å²) in [7, 11) is 1.51. The van der Waals surface area contributed by atoms with E-state index in [0.717, 1.165) is 11.5 Å². The molecule has 9 nitrogen and oxygen atoms in total. The Morgan fingerprint density at radius 3 is 2.56 bits per heavy atom. The summed E-state index contributed by atoms with van der Waals surface area (Å²) >= 11 is 6.41. The maximum absolute atomic E-state index is 13.2. The van der Waals surface area contributed by atoms with E-state index in [1.54, 1.807) is 17.0 Å². The Hall–Kier alpha value is -3.33. The summed E-state index contributed by atoms with van der Waals surface area (Å²) in [6, 6.07) is 10.9. The minimum absolute atomic E-state index is 0.00771. The Balaban J connectivity index is 1.44. The number of methoxy groups -OCH3 is 1. The van der Waals surface area contributed by atoms with Gasteiger partial charge in [0.2, 0.25) is 0 Å². The lowest BCUT2D eigenvalue weighted by Gasteiger charge is -2.32. The van der Waals surface area contributed by atoms with Crippen LogP contribution in [0.25, 0.3) is 5.69 Å². The van der Waals surface area contributed by atoms with Crippen LogP contribution in [-0.2, 0) is 0 Å². The Morgan fingerprint density at radius 2 is 1.91 bits per heavy atom. The first-order valence-corrected chi connectivity index (χ1v) is 10.8. The molecule has 0 N–H and O–H groups in total. The van der Waals surface area contributed by atoms with Crippen molar-refractivity contribution in [2.24, 2.45) is 0 Å². The molecular weight excluding hydrogens is 434 g/mol. The van der Waals surface area contributed by atoms with Crippen LogP contribution in [0, 0.1) is 0 Å². The van der Waals surface area contributed by atoms with Crippen LogP contribution in [0.5, 0.6) is 17.2 Å². The Morgan fingerprint density at radius 1 is 1.16 bits per heavy atom. The number of carbonyl (C=O) groups excluding carboxylic acids is 1. The lowest BCUT2D eigenvalue weighted by Crippen LogP contribution is -2.42. The highest BCUT2D eigenvalue weighted by molar-refractivity contribution is 6.33. The molecule has 0 spiro atoms. The van der Waals surface area contributed by atoms with Crippen molar-refractivity contribution in [2.45, 2.75) is 25.9 Å². The van der Waals surface area contributed by atoms with E-state index in [1.165, 1.54) is 18.1 Å². The van der Waals surface area contributed by atoms with Gasteiger partial charge < -0.3 is 19.1 Å². The van der Waals surface area contributed by atoms with E-state index in [1.807, 2.05) is 31.2 Å². The van der Waals surface area contributed by atoms with Crippen LogP contribution < -0.4 is 14.2 Å². The molecule has 1 aliphatic heterocycles. The predicted molar refractivity (Wildman–Crippen MR) is 118 cm³/mol. The number of hydrogen-bond acceptors (Lipinski definition) is 7. The van der Waals surface area contributed by atoms with Crippen molar-refractivity contribution in [3.05, 3.63) is 53.3 Å². The topological polar surface area (TPSA) is 91.6 Å². The van der Waals surface area contributed by atoms with Crippen molar-refractivity contribution >= 4 is 17.5 Å². The molecule has 1 aromatic heterocycles. The second-order valence-electron chi connectivity index (χ2n) is 7.25. The first-order valence-electron chi connectivity index (χ1n) is 10.4. The second kappa shape index (κ2) is 9.86. The molecule has 0 saturated carbocycles. The van der Waals surface area contributed by atoms with Crippen molar-refractivity contribution in [1.29, 1.82) is 0 Å². The van der Waals surface area contributed by atoms with Crippen molar-refractivity contribution in [2.75, 3.05) is 26.8 Å². The maximum atomic E-state index is 13.2. The highest BCUT2D eigenvalue weighted by Gasteiger charge is 2.28. The molecule has 32 heavy (non-hydrogen) atoms. The van der Waals surface area contributed by atoms with Gasteiger partial charge in [-0.1, -0.05) is 23.7 Å². The number of benzene rings is 2. The summed E-state index contributed by atoms with van der Waals surface area (Å²) in [6.45, 7) is 3.65. The van der Waals surface area contributed by atoms with E-state index in [-0.39, 0.29) is 12.0 Å². The number of para-hydroxylation sites is 2. The fourth-order valence-electron chi connectivity index (χ4n) is 3.67. The summed E-state index contributed by atoms with van der Waals surface area (Å²) in [4.78, 5) is 15.0. The Kier molecular flexibility index (Phi) is 6.75. The van der Waals surface area contributed by atoms with Gasteiger partial charge in [0.15, 0.2) is 11.5 Å². The number of rotatable bonds is 7. The van der Waals surface area contributed by atoms with Gasteiger partial charge in [-0.15, -0.1) is 5.10 Å². The minimum Gasteiger partial charge on any atom is -0.496 e. The SMILES string of the molecule is CCOc1ccccc1OC1CCN(C(=O)c2cc(Cl)c(-n3cnnn3)cc2OC)CC1. The van der Waals surface area contributed by atoms with Crippen molar-refractivity contribution in [1.82, 2.24) is 25.1 Å². The molecule has 10 heteroatoms. The number of tetrazole rings is 1. The summed E-state index contributed by atoms with van der Waals surface area (Å²) in [6.07, 6.45) is 2.86.